The molecular formula is C15H12N6. The second-order valence-corrected chi connectivity index (χ2v) is 4.71. The summed E-state index contributed by atoms with van der Waals surface area (Å²) < 4.78 is 0. The molecule has 0 amide bonds. The quantitative estimate of drug-likeness (QED) is 0.777. The molecule has 0 spiro atoms. The normalized spacial score (nSPS) is 14.0. The zero-order valence-corrected chi connectivity index (χ0v) is 11.1. The number of hydrogen-bond donors (Lipinski definition) is 1. The Morgan fingerprint density at radius 3 is 2.90 bits per heavy atom. The van der Waals surface area contributed by atoms with Gasteiger partial charge < -0.3 is 4.90 Å². The average Bonchev–Trinajstić information content (AvgIpc) is 3.09. The largest absolute Gasteiger partial charge is 0.329 e. The number of aromatic amines is 1. The Morgan fingerprint density at radius 2 is 2.10 bits per heavy atom. The van der Waals surface area contributed by atoms with Gasteiger partial charge in [-0.25, -0.2) is 4.98 Å². The molecule has 2 aromatic heterocycles. The molecule has 0 unspecified atom stereocenters. The lowest BCUT2D eigenvalue weighted by molar-refractivity contribution is 0.881. The Bertz CT molecular complexity index is 835. The minimum absolute atomic E-state index is 0.547. The standard InChI is InChI=1S/C15H12N6/c1-4-8-21(9-5-1)15-12(14-17-19-20-18-14)10-11-6-2-3-7-13(11)16-15/h1-8,10H,9H2,(H,17,18,19,20). The molecule has 102 valence electrons. The van der Waals surface area contributed by atoms with Crippen LogP contribution in [0.25, 0.3) is 22.3 Å². The molecule has 6 heteroatoms. The van der Waals surface area contributed by atoms with Gasteiger partial charge in [0.05, 0.1) is 11.1 Å². The van der Waals surface area contributed by atoms with Crippen molar-refractivity contribution < 1.29 is 0 Å². The first-order valence-electron chi connectivity index (χ1n) is 6.65. The van der Waals surface area contributed by atoms with Crippen LogP contribution >= 0.6 is 0 Å². The SMILES string of the molecule is C1=CCN(c2nc3ccccc3cc2-c2nn[nH]n2)C=C1. The first-order valence-corrected chi connectivity index (χ1v) is 6.65. The number of nitrogens with one attached hydrogen (secondary N) is 1. The maximum Gasteiger partial charge on any atom is 0.208 e. The van der Waals surface area contributed by atoms with Crippen molar-refractivity contribution in [3.05, 3.63) is 54.8 Å². The molecule has 1 N–H and O–H groups in total. The number of tetrazole rings is 1. The van der Waals surface area contributed by atoms with Gasteiger partial charge in [-0.05, 0) is 23.4 Å². The first-order chi connectivity index (χ1) is 10.4. The minimum Gasteiger partial charge on any atom is -0.329 e. The van der Waals surface area contributed by atoms with Crippen molar-refractivity contribution in [2.45, 2.75) is 0 Å². The van der Waals surface area contributed by atoms with Gasteiger partial charge in [-0.15, -0.1) is 10.2 Å². The molecule has 0 fully saturated rings. The van der Waals surface area contributed by atoms with E-state index in [1.807, 2.05) is 42.6 Å². The number of rotatable bonds is 2. The maximum atomic E-state index is 4.77. The molecule has 1 aliphatic rings. The van der Waals surface area contributed by atoms with Crippen molar-refractivity contribution in [1.82, 2.24) is 25.6 Å². The van der Waals surface area contributed by atoms with Crippen LogP contribution in [0.4, 0.5) is 5.82 Å². The Kier molecular flexibility index (Phi) is 2.71. The van der Waals surface area contributed by atoms with Crippen LogP contribution in [-0.4, -0.2) is 32.2 Å². The van der Waals surface area contributed by atoms with Gasteiger partial charge in [0.25, 0.3) is 0 Å². The van der Waals surface area contributed by atoms with Crippen molar-refractivity contribution in [2.75, 3.05) is 11.4 Å². The first kappa shape index (κ1) is 11.8. The summed E-state index contributed by atoms with van der Waals surface area (Å²) in [5.74, 6) is 1.38. The molecule has 0 atom stereocenters. The van der Waals surface area contributed by atoms with Gasteiger partial charge in [0.1, 0.15) is 5.82 Å². The summed E-state index contributed by atoms with van der Waals surface area (Å²) in [5.41, 5.74) is 1.81. The van der Waals surface area contributed by atoms with Crippen LogP contribution in [0.15, 0.2) is 54.8 Å². The fourth-order valence-electron chi connectivity index (χ4n) is 2.39. The Morgan fingerprint density at radius 1 is 1.14 bits per heavy atom. The number of benzene rings is 1. The summed E-state index contributed by atoms with van der Waals surface area (Å²) in [7, 11) is 0. The Hall–Kier alpha value is -3.02. The predicted octanol–water partition coefficient (Wildman–Crippen LogP) is 2.30. The molecule has 1 aliphatic heterocycles. The number of allylic oxidation sites excluding steroid dienone is 2. The zero-order chi connectivity index (χ0) is 14.1. The van der Waals surface area contributed by atoms with Gasteiger partial charge in [-0.1, -0.05) is 30.4 Å². The van der Waals surface area contributed by atoms with E-state index < -0.39 is 0 Å². The van der Waals surface area contributed by atoms with Crippen LogP contribution < -0.4 is 4.90 Å². The third kappa shape index (κ3) is 2.06. The second kappa shape index (κ2) is 4.82. The summed E-state index contributed by atoms with van der Waals surface area (Å²) in [4.78, 5) is 6.84. The van der Waals surface area contributed by atoms with E-state index in [0.717, 1.165) is 28.8 Å². The van der Waals surface area contributed by atoms with E-state index in [2.05, 4.69) is 37.7 Å². The van der Waals surface area contributed by atoms with E-state index in [4.69, 9.17) is 4.98 Å². The Balaban J connectivity index is 1.95. The van der Waals surface area contributed by atoms with E-state index in [9.17, 15) is 0 Å². The molecule has 1 aromatic carbocycles. The molecule has 0 saturated heterocycles. The summed E-state index contributed by atoms with van der Waals surface area (Å²) >= 11 is 0. The summed E-state index contributed by atoms with van der Waals surface area (Å²) in [5, 5.41) is 15.4. The van der Waals surface area contributed by atoms with E-state index in [1.54, 1.807) is 0 Å². The van der Waals surface area contributed by atoms with Crippen LogP contribution in [-0.2, 0) is 0 Å². The molecule has 4 rings (SSSR count). The number of hydrogen-bond acceptors (Lipinski definition) is 5. The van der Waals surface area contributed by atoms with Crippen LogP contribution in [0.5, 0.6) is 0 Å². The number of fused-ring (bicyclic) bond motifs is 1. The molecule has 6 nitrogen and oxygen atoms in total. The molecule has 0 bridgehead atoms. The molecule has 0 saturated carbocycles. The average molecular weight is 276 g/mol. The number of H-pyrrole nitrogens is 1. The number of anilines is 1. The lowest BCUT2D eigenvalue weighted by atomic mass is 10.1. The van der Waals surface area contributed by atoms with Gasteiger partial charge in [0.15, 0.2) is 0 Å². The van der Waals surface area contributed by atoms with E-state index in [0.29, 0.717) is 5.82 Å². The number of nitrogens with zero attached hydrogens (tertiary/aromatic N) is 5. The predicted molar refractivity (Wildman–Crippen MR) is 80.5 cm³/mol. The monoisotopic (exact) mass is 276 g/mol. The van der Waals surface area contributed by atoms with Crippen LogP contribution in [0.3, 0.4) is 0 Å². The lowest BCUT2D eigenvalue weighted by Crippen LogP contribution is -2.19. The van der Waals surface area contributed by atoms with E-state index >= 15 is 0 Å². The molecule has 3 aromatic rings. The number of pyridine rings is 1. The van der Waals surface area contributed by atoms with Crippen LogP contribution in [0.1, 0.15) is 0 Å². The summed E-state index contributed by atoms with van der Waals surface area (Å²) in [6.07, 6.45) is 8.09. The van der Waals surface area contributed by atoms with Crippen LogP contribution in [0, 0.1) is 0 Å². The highest BCUT2D eigenvalue weighted by Crippen LogP contribution is 2.30. The summed E-state index contributed by atoms with van der Waals surface area (Å²) in [6, 6.07) is 10.1. The number of para-hydroxylation sites is 1. The molecular weight excluding hydrogens is 264 g/mol. The fraction of sp³-hybridized carbons (Fsp3) is 0.0667. The lowest BCUT2D eigenvalue weighted by Gasteiger charge is -2.22. The van der Waals surface area contributed by atoms with Gasteiger partial charge in [-0.3, -0.25) is 0 Å². The highest BCUT2D eigenvalue weighted by atomic mass is 15.5. The third-order valence-electron chi connectivity index (χ3n) is 3.38. The molecule has 3 heterocycles. The maximum absolute atomic E-state index is 4.77. The highest BCUT2D eigenvalue weighted by molar-refractivity contribution is 5.88. The third-order valence-corrected chi connectivity index (χ3v) is 3.38. The van der Waals surface area contributed by atoms with E-state index in [-0.39, 0.29) is 0 Å². The smallest absolute Gasteiger partial charge is 0.208 e. The van der Waals surface area contributed by atoms with Gasteiger partial charge in [0.2, 0.25) is 5.82 Å². The number of aromatic nitrogens is 5. The van der Waals surface area contributed by atoms with E-state index in [1.165, 1.54) is 0 Å². The van der Waals surface area contributed by atoms with Gasteiger partial charge >= 0.3 is 0 Å². The second-order valence-electron chi connectivity index (χ2n) is 4.71. The molecule has 0 aliphatic carbocycles. The molecule has 21 heavy (non-hydrogen) atoms. The Labute approximate surface area is 120 Å². The van der Waals surface area contributed by atoms with Crippen molar-refractivity contribution in [2.24, 2.45) is 0 Å². The highest BCUT2D eigenvalue weighted by Gasteiger charge is 2.17. The van der Waals surface area contributed by atoms with Crippen molar-refractivity contribution in [3.63, 3.8) is 0 Å². The van der Waals surface area contributed by atoms with Crippen molar-refractivity contribution in [3.8, 4) is 11.4 Å². The van der Waals surface area contributed by atoms with Gasteiger partial charge in [-0.2, -0.15) is 5.21 Å². The van der Waals surface area contributed by atoms with Crippen molar-refractivity contribution in [1.29, 1.82) is 0 Å². The summed E-state index contributed by atoms with van der Waals surface area (Å²) in [6.45, 7) is 0.771. The zero-order valence-electron chi connectivity index (χ0n) is 11.1. The topological polar surface area (TPSA) is 70.6 Å². The van der Waals surface area contributed by atoms with Gasteiger partial charge in [0, 0.05) is 18.1 Å². The van der Waals surface area contributed by atoms with Crippen molar-refractivity contribution >= 4 is 16.7 Å². The van der Waals surface area contributed by atoms with Crippen LogP contribution in [0.2, 0.25) is 0 Å². The fourth-order valence-corrected chi connectivity index (χ4v) is 2.39. The molecule has 0 radical (unpaired) electrons. The minimum atomic E-state index is 0.547.